The average molecular weight is 398 g/mol. The van der Waals surface area contributed by atoms with Gasteiger partial charge in [0.2, 0.25) is 0 Å². The molecule has 9 heteroatoms. The lowest BCUT2D eigenvalue weighted by Crippen LogP contribution is -2.42. The van der Waals surface area contributed by atoms with Gasteiger partial charge in [-0.3, -0.25) is 18.7 Å². The number of amides is 1. The number of aryl methyl sites for hydroxylation is 1. The Morgan fingerprint density at radius 1 is 1.10 bits per heavy atom. The molecule has 0 saturated carbocycles. The normalized spacial score (nSPS) is 16.9. The minimum atomic E-state index is -0.503. The molecular formula is C20H19FN4O4. The Bertz CT molecular complexity index is 1220. The van der Waals surface area contributed by atoms with Crippen LogP contribution in [0.15, 0.2) is 46.0 Å². The van der Waals surface area contributed by atoms with Gasteiger partial charge < -0.3 is 9.64 Å². The van der Waals surface area contributed by atoms with Crippen molar-refractivity contribution in [3.63, 3.8) is 0 Å². The van der Waals surface area contributed by atoms with Gasteiger partial charge in [0.15, 0.2) is 0 Å². The number of ether oxygens (including phenoxy) is 1. The first-order chi connectivity index (χ1) is 13.9. The first kappa shape index (κ1) is 19.0. The molecule has 0 spiro atoms. The SMILES string of the molecule is Cn1c(=O)c2ccc(C3CN(C(=O)c4ccc(F)cc4)CCO3)nc2n(C)c1=O. The lowest BCUT2D eigenvalue weighted by atomic mass is 10.1. The molecule has 0 bridgehead atoms. The van der Waals surface area contributed by atoms with E-state index in [1.54, 1.807) is 24.1 Å². The molecule has 1 fully saturated rings. The second kappa shape index (κ2) is 7.25. The summed E-state index contributed by atoms with van der Waals surface area (Å²) in [6.45, 7) is 0.972. The van der Waals surface area contributed by atoms with Gasteiger partial charge in [0.05, 0.1) is 24.2 Å². The van der Waals surface area contributed by atoms with Crippen LogP contribution >= 0.6 is 0 Å². The molecule has 150 valence electrons. The maximum absolute atomic E-state index is 13.1. The molecule has 0 N–H and O–H groups in total. The number of carbonyl (C=O) groups excluding carboxylic acids is 1. The Morgan fingerprint density at radius 2 is 1.83 bits per heavy atom. The number of pyridine rings is 1. The van der Waals surface area contributed by atoms with Crippen LogP contribution in [-0.2, 0) is 18.8 Å². The summed E-state index contributed by atoms with van der Waals surface area (Å²) in [5, 5.41) is 0.327. The van der Waals surface area contributed by atoms with Crippen molar-refractivity contribution < 1.29 is 13.9 Å². The van der Waals surface area contributed by atoms with Gasteiger partial charge in [0.25, 0.3) is 11.5 Å². The van der Waals surface area contributed by atoms with Gasteiger partial charge in [-0.15, -0.1) is 0 Å². The van der Waals surface area contributed by atoms with Crippen LogP contribution in [0.2, 0.25) is 0 Å². The van der Waals surface area contributed by atoms with Crippen LogP contribution in [0.5, 0.6) is 0 Å². The molecule has 2 aromatic heterocycles. The summed E-state index contributed by atoms with van der Waals surface area (Å²) in [5.74, 6) is -0.626. The fourth-order valence-electron chi connectivity index (χ4n) is 3.44. The maximum atomic E-state index is 13.1. The van der Waals surface area contributed by atoms with Gasteiger partial charge in [-0.25, -0.2) is 14.2 Å². The van der Waals surface area contributed by atoms with Crippen molar-refractivity contribution in [3.8, 4) is 0 Å². The molecule has 3 aromatic rings. The maximum Gasteiger partial charge on any atom is 0.332 e. The summed E-state index contributed by atoms with van der Waals surface area (Å²) in [6, 6.07) is 8.67. The molecule has 1 atom stereocenters. The number of aromatic nitrogens is 3. The third-order valence-electron chi connectivity index (χ3n) is 5.10. The van der Waals surface area contributed by atoms with Crippen molar-refractivity contribution in [2.45, 2.75) is 6.10 Å². The monoisotopic (exact) mass is 398 g/mol. The zero-order valence-electron chi connectivity index (χ0n) is 16.0. The first-order valence-corrected chi connectivity index (χ1v) is 9.10. The van der Waals surface area contributed by atoms with E-state index in [4.69, 9.17) is 4.74 Å². The molecule has 0 radical (unpaired) electrons. The number of fused-ring (bicyclic) bond motifs is 1. The van der Waals surface area contributed by atoms with Crippen molar-refractivity contribution in [3.05, 3.63) is 74.3 Å². The Labute approximate surface area is 164 Å². The summed E-state index contributed by atoms with van der Waals surface area (Å²) in [5.41, 5.74) is 0.299. The number of rotatable bonds is 2. The molecular weight excluding hydrogens is 379 g/mol. The van der Waals surface area contributed by atoms with E-state index in [0.717, 1.165) is 4.57 Å². The van der Waals surface area contributed by atoms with E-state index < -0.39 is 23.2 Å². The zero-order chi connectivity index (χ0) is 20.7. The first-order valence-electron chi connectivity index (χ1n) is 9.10. The Hall–Kier alpha value is -3.33. The smallest absolute Gasteiger partial charge is 0.332 e. The summed E-state index contributed by atoms with van der Waals surface area (Å²) in [6.07, 6.45) is -0.503. The second-order valence-corrected chi connectivity index (χ2v) is 6.93. The van der Waals surface area contributed by atoms with E-state index in [1.807, 2.05) is 0 Å². The van der Waals surface area contributed by atoms with Crippen molar-refractivity contribution in [1.82, 2.24) is 19.0 Å². The van der Waals surface area contributed by atoms with E-state index in [0.29, 0.717) is 29.8 Å². The van der Waals surface area contributed by atoms with Crippen molar-refractivity contribution >= 4 is 16.9 Å². The highest BCUT2D eigenvalue weighted by Gasteiger charge is 2.27. The van der Waals surface area contributed by atoms with Crippen LogP contribution in [-0.4, -0.2) is 44.6 Å². The van der Waals surface area contributed by atoms with E-state index in [1.165, 1.54) is 35.9 Å². The highest BCUT2D eigenvalue weighted by Crippen LogP contribution is 2.23. The average Bonchev–Trinajstić information content (AvgIpc) is 2.76. The van der Waals surface area contributed by atoms with Gasteiger partial charge in [0, 0.05) is 26.2 Å². The zero-order valence-corrected chi connectivity index (χ0v) is 16.0. The molecule has 8 nitrogen and oxygen atoms in total. The van der Waals surface area contributed by atoms with Gasteiger partial charge in [-0.2, -0.15) is 0 Å². The van der Waals surface area contributed by atoms with Crippen LogP contribution < -0.4 is 11.2 Å². The van der Waals surface area contributed by atoms with Crippen LogP contribution in [0, 0.1) is 5.82 Å². The quantitative estimate of drug-likeness (QED) is 0.643. The summed E-state index contributed by atoms with van der Waals surface area (Å²) in [7, 11) is 2.97. The Balaban J connectivity index is 1.65. The highest BCUT2D eigenvalue weighted by molar-refractivity contribution is 5.94. The number of benzene rings is 1. The Kier molecular flexibility index (Phi) is 4.75. The van der Waals surface area contributed by atoms with E-state index in [2.05, 4.69) is 4.98 Å². The van der Waals surface area contributed by atoms with Gasteiger partial charge in [-0.05, 0) is 36.4 Å². The molecule has 1 saturated heterocycles. The Morgan fingerprint density at radius 3 is 2.55 bits per heavy atom. The minimum absolute atomic E-state index is 0.222. The lowest BCUT2D eigenvalue weighted by Gasteiger charge is -2.32. The molecule has 1 amide bonds. The van der Waals surface area contributed by atoms with Crippen molar-refractivity contribution in [2.75, 3.05) is 19.7 Å². The second-order valence-electron chi connectivity index (χ2n) is 6.93. The summed E-state index contributed by atoms with van der Waals surface area (Å²) < 4.78 is 21.2. The van der Waals surface area contributed by atoms with Crippen LogP contribution in [0.1, 0.15) is 22.2 Å². The molecule has 3 heterocycles. The van der Waals surface area contributed by atoms with E-state index in [9.17, 15) is 18.8 Å². The largest absolute Gasteiger partial charge is 0.368 e. The van der Waals surface area contributed by atoms with Crippen molar-refractivity contribution in [2.24, 2.45) is 14.1 Å². The molecule has 1 aromatic carbocycles. The molecule has 4 rings (SSSR count). The van der Waals surface area contributed by atoms with Crippen LogP contribution in [0.4, 0.5) is 4.39 Å². The topological polar surface area (TPSA) is 86.4 Å². The van der Waals surface area contributed by atoms with Gasteiger partial charge in [-0.1, -0.05) is 0 Å². The highest BCUT2D eigenvalue weighted by atomic mass is 19.1. The number of morpholine rings is 1. The van der Waals surface area contributed by atoms with Gasteiger partial charge >= 0.3 is 5.69 Å². The van der Waals surface area contributed by atoms with E-state index >= 15 is 0 Å². The summed E-state index contributed by atoms with van der Waals surface area (Å²) >= 11 is 0. The predicted molar refractivity (Wildman–Crippen MR) is 103 cm³/mol. The third kappa shape index (κ3) is 3.33. The lowest BCUT2D eigenvalue weighted by molar-refractivity contribution is -0.0246. The van der Waals surface area contributed by atoms with E-state index in [-0.39, 0.29) is 18.1 Å². The molecule has 1 aliphatic rings. The number of nitrogens with zero attached hydrogens (tertiary/aromatic N) is 4. The predicted octanol–water partition coefficient (Wildman–Crippen LogP) is 0.985. The van der Waals surface area contributed by atoms with Gasteiger partial charge in [0.1, 0.15) is 17.6 Å². The molecule has 0 aliphatic carbocycles. The fourth-order valence-corrected chi connectivity index (χ4v) is 3.44. The fraction of sp³-hybridized carbons (Fsp3) is 0.300. The number of carbonyl (C=O) groups is 1. The number of hydrogen-bond donors (Lipinski definition) is 0. The molecule has 1 unspecified atom stereocenters. The van der Waals surface area contributed by atoms with Crippen LogP contribution in [0.25, 0.3) is 11.0 Å². The molecule has 29 heavy (non-hydrogen) atoms. The minimum Gasteiger partial charge on any atom is -0.368 e. The molecule has 1 aliphatic heterocycles. The third-order valence-corrected chi connectivity index (χ3v) is 5.10. The van der Waals surface area contributed by atoms with Crippen LogP contribution in [0.3, 0.4) is 0 Å². The number of hydrogen-bond acceptors (Lipinski definition) is 5. The standard InChI is InChI=1S/C20H19FN4O4/c1-23-17-14(19(27)24(2)20(23)28)7-8-15(22-17)16-11-25(9-10-29-16)18(26)12-3-5-13(21)6-4-12/h3-8,16H,9-11H2,1-2H3. The summed E-state index contributed by atoms with van der Waals surface area (Å²) in [4.78, 5) is 43.3. The van der Waals surface area contributed by atoms with Crippen molar-refractivity contribution in [1.29, 1.82) is 0 Å². The number of halogens is 1.